The van der Waals surface area contributed by atoms with Crippen LogP contribution in [0.1, 0.15) is 40.6 Å². The maximum Gasteiger partial charge on any atom is 0.271 e. The number of rotatable bonds is 4. The van der Waals surface area contributed by atoms with Crippen molar-refractivity contribution in [2.75, 3.05) is 13.7 Å². The van der Waals surface area contributed by atoms with Crippen LogP contribution in [0.5, 0.6) is 0 Å². The molecule has 0 radical (unpaired) electrons. The van der Waals surface area contributed by atoms with Crippen molar-refractivity contribution in [1.29, 1.82) is 0 Å². The number of aromatic nitrogens is 5. The molecular weight excluding hydrogens is 408 g/mol. The van der Waals surface area contributed by atoms with Crippen molar-refractivity contribution in [3.8, 4) is 0 Å². The zero-order valence-corrected chi connectivity index (χ0v) is 17.6. The number of carbonyl (C=O) groups is 1. The molecule has 2 aliphatic rings. The molecule has 2 atom stereocenters. The summed E-state index contributed by atoms with van der Waals surface area (Å²) in [5.41, 5.74) is 3.39. The van der Waals surface area contributed by atoms with Crippen molar-refractivity contribution in [3.63, 3.8) is 0 Å². The van der Waals surface area contributed by atoms with Crippen LogP contribution in [0.25, 0.3) is 16.7 Å². The van der Waals surface area contributed by atoms with E-state index >= 15 is 0 Å². The molecule has 2 bridgehead atoms. The predicted octanol–water partition coefficient (Wildman–Crippen LogP) is 1.99. The van der Waals surface area contributed by atoms with E-state index in [1.807, 2.05) is 21.7 Å². The van der Waals surface area contributed by atoms with Gasteiger partial charge >= 0.3 is 0 Å². The number of methoxy groups -OCH3 is 1. The Morgan fingerprint density at radius 2 is 2.19 bits per heavy atom. The molecule has 4 aromatic rings. The fourth-order valence-electron chi connectivity index (χ4n) is 5.20. The molecule has 162 valence electrons. The summed E-state index contributed by atoms with van der Waals surface area (Å²) in [6.07, 6.45) is 7.64. The highest BCUT2D eigenvalue weighted by atomic mass is 16.5. The number of ether oxygens (including phenoxy) is 1. The molecule has 1 saturated heterocycles. The zero-order chi connectivity index (χ0) is 21.8. The Balaban J connectivity index is 1.51. The molecule has 9 nitrogen and oxygen atoms in total. The summed E-state index contributed by atoms with van der Waals surface area (Å²) >= 11 is 0. The summed E-state index contributed by atoms with van der Waals surface area (Å²) in [4.78, 5) is 42.4. The van der Waals surface area contributed by atoms with Gasteiger partial charge in [-0.05, 0) is 31.0 Å². The Kier molecular flexibility index (Phi) is 4.32. The third-order valence-corrected chi connectivity index (χ3v) is 6.67. The van der Waals surface area contributed by atoms with Crippen molar-refractivity contribution in [3.05, 3.63) is 70.3 Å². The van der Waals surface area contributed by atoms with Gasteiger partial charge in [0.05, 0.1) is 23.7 Å². The third kappa shape index (κ3) is 2.70. The molecule has 0 aromatic carbocycles. The minimum atomic E-state index is -0.184. The number of amides is 1. The van der Waals surface area contributed by atoms with Gasteiger partial charge < -0.3 is 14.2 Å². The number of hydrogen-bond acceptors (Lipinski definition) is 6. The molecular formula is C23H22N6O3. The van der Waals surface area contributed by atoms with E-state index in [9.17, 15) is 9.59 Å². The SMILES string of the molecule is COCCn1c(C(=O)N2C3CCC2c2cncnc2C3)cc2c(=O)n3ccccc3nc21. The highest BCUT2D eigenvalue weighted by molar-refractivity contribution is 5.98. The smallest absolute Gasteiger partial charge is 0.271 e. The lowest BCUT2D eigenvalue weighted by molar-refractivity contribution is 0.0630. The Labute approximate surface area is 183 Å². The van der Waals surface area contributed by atoms with Crippen LogP contribution in [0.3, 0.4) is 0 Å². The minimum Gasteiger partial charge on any atom is -0.383 e. The van der Waals surface area contributed by atoms with E-state index < -0.39 is 0 Å². The quantitative estimate of drug-likeness (QED) is 0.491. The Morgan fingerprint density at radius 3 is 3.06 bits per heavy atom. The van der Waals surface area contributed by atoms with Gasteiger partial charge in [-0.1, -0.05) is 6.07 Å². The van der Waals surface area contributed by atoms with Crippen LogP contribution in [-0.2, 0) is 17.7 Å². The first-order valence-electron chi connectivity index (χ1n) is 10.8. The highest BCUT2D eigenvalue weighted by Gasteiger charge is 2.44. The zero-order valence-electron chi connectivity index (χ0n) is 17.6. The molecule has 1 amide bonds. The number of nitrogens with zero attached hydrogens (tertiary/aromatic N) is 6. The molecule has 0 aliphatic carbocycles. The van der Waals surface area contributed by atoms with Crippen LogP contribution in [-0.4, -0.2) is 54.5 Å². The lowest BCUT2D eigenvalue weighted by Gasteiger charge is -2.35. The lowest BCUT2D eigenvalue weighted by atomic mass is 9.99. The molecule has 1 fully saturated rings. The van der Waals surface area contributed by atoms with E-state index in [0.29, 0.717) is 35.5 Å². The molecule has 0 spiro atoms. The predicted molar refractivity (Wildman–Crippen MR) is 117 cm³/mol. The van der Waals surface area contributed by atoms with Crippen LogP contribution >= 0.6 is 0 Å². The van der Waals surface area contributed by atoms with Crippen LogP contribution in [0.15, 0.2) is 47.8 Å². The molecule has 2 aliphatic heterocycles. The van der Waals surface area contributed by atoms with Crippen molar-refractivity contribution in [2.24, 2.45) is 0 Å². The van der Waals surface area contributed by atoms with Gasteiger partial charge in [0.15, 0.2) is 0 Å². The first-order chi connectivity index (χ1) is 15.7. The topological polar surface area (TPSA) is 94.6 Å². The van der Waals surface area contributed by atoms with Crippen LogP contribution in [0.2, 0.25) is 0 Å². The molecule has 4 aromatic heterocycles. The number of pyridine rings is 1. The maximum atomic E-state index is 13.9. The molecule has 2 unspecified atom stereocenters. The Morgan fingerprint density at radius 1 is 1.28 bits per heavy atom. The standard InChI is InChI=1S/C23H22N6O3/c1-32-9-8-27-19(11-15-21(27)26-20-4-2-3-7-28(20)22(15)30)23(31)29-14-5-6-18(29)16-12-24-13-25-17(16)10-14/h2-4,7,11-14,18H,5-6,8-10H2,1H3. The van der Waals surface area contributed by atoms with Gasteiger partial charge in [-0.2, -0.15) is 0 Å². The number of carbonyl (C=O) groups excluding carboxylic acids is 1. The summed E-state index contributed by atoms with van der Waals surface area (Å²) in [6, 6.07) is 7.17. The van der Waals surface area contributed by atoms with E-state index in [4.69, 9.17) is 9.72 Å². The van der Waals surface area contributed by atoms with E-state index in [2.05, 4.69) is 9.97 Å². The van der Waals surface area contributed by atoms with Crippen molar-refractivity contribution in [1.82, 2.24) is 28.8 Å². The summed E-state index contributed by atoms with van der Waals surface area (Å²) in [5, 5.41) is 0.432. The summed E-state index contributed by atoms with van der Waals surface area (Å²) < 4.78 is 8.62. The highest BCUT2D eigenvalue weighted by Crippen LogP contribution is 2.43. The lowest BCUT2D eigenvalue weighted by Crippen LogP contribution is -2.43. The minimum absolute atomic E-state index is 0.0422. The van der Waals surface area contributed by atoms with Gasteiger partial charge in [0, 0.05) is 44.1 Å². The molecule has 32 heavy (non-hydrogen) atoms. The van der Waals surface area contributed by atoms with Crippen molar-refractivity contribution in [2.45, 2.75) is 37.9 Å². The monoisotopic (exact) mass is 430 g/mol. The normalized spacial score (nSPS) is 19.6. The maximum absolute atomic E-state index is 13.9. The van der Waals surface area contributed by atoms with Crippen molar-refractivity contribution < 1.29 is 9.53 Å². The van der Waals surface area contributed by atoms with Crippen LogP contribution in [0.4, 0.5) is 0 Å². The molecule has 6 heterocycles. The Bertz CT molecular complexity index is 1420. The van der Waals surface area contributed by atoms with Gasteiger partial charge in [0.1, 0.15) is 23.3 Å². The first kappa shape index (κ1) is 19.1. The number of fused-ring (bicyclic) bond motifs is 6. The molecule has 6 rings (SSSR count). The van der Waals surface area contributed by atoms with Gasteiger partial charge in [0.25, 0.3) is 11.5 Å². The average molecular weight is 430 g/mol. The summed E-state index contributed by atoms with van der Waals surface area (Å²) in [7, 11) is 1.62. The third-order valence-electron chi connectivity index (χ3n) is 6.67. The number of hydrogen-bond donors (Lipinski definition) is 0. The molecule has 0 saturated carbocycles. The summed E-state index contributed by atoms with van der Waals surface area (Å²) in [5.74, 6) is -0.0884. The van der Waals surface area contributed by atoms with E-state index in [0.717, 1.165) is 30.5 Å². The van der Waals surface area contributed by atoms with Crippen LogP contribution < -0.4 is 5.56 Å². The molecule has 0 N–H and O–H groups in total. The van der Waals surface area contributed by atoms with E-state index in [1.54, 1.807) is 37.8 Å². The largest absolute Gasteiger partial charge is 0.383 e. The second-order valence-corrected chi connectivity index (χ2v) is 8.35. The molecule has 9 heteroatoms. The fourth-order valence-corrected chi connectivity index (χ4v) is 5.20. The fraction of sp³-hybridized carbons (Fsp3) is 0.348. The van der Waals surface area contributed by atoms with Gasteiger partial charge in [-0.25, -0.2) is 15.0 Å². The van der Waals surface area contributed by atoms with Crippen molar-refractivity contribution >= 4 is 22.6 Å². The second kappa shape index (κ2) is 7.23. The first-order valence-corrected chi connectivity index (χ1v) is 10.8. The van der Waals surface area contributed by atoms with Gasteiger partial charge in [-0.15, -0.1) is 0 Å². The van der Waals surface area contributed by atoms with Gasteiger partial charge in [0.2, 0.25) is 0 Å². The second-order valence-electron chi connectivity index (χ2n) is 8.35. The average Bonchev–Trinajstić information content (AvgIpc) is 3.34. The van der Waals surface area contributed by atoms with Crippen LogP contribution in [0, 0.1) is 0 Å². The summed E-state index contributed by atoms with van der Waals surface area (Å²) in [6.45, 7) is 0.836. The Hall–Kier alpha value is -3.59. The van der Waals surface area contributed by atoms with Gasteiger partial charge in [-0.3, -0.25) is 14.0 Å². The van der Waals surface area contributed by atoms with E-state index in [-0.39, 0.29) is 23.6 Å². The van der Waals surface area contributed by atoms with E-state index in [1.165, 1.54) is 4.40 Å².